The second-order valence-electron chi connectivity index (χ2n) is 3.47. The molecule has 0 aromatic heterocycles. The van der Waals surface area contributed by atoms with Crippen LogP contribution in [0.5, 0.6) is 0 Å². The van der Waals surface area contributed by atoms with E-state index in [0.29, 0.717) is 5.69 Å². The SMILES string of the molecule is CCN(CC)CCc1ccc([NH])cc1. The van der Waals surface area contributed by atoms with Crippen LogP contribution in [0.25, 0.3) is 0 Å². The first kappa shape index (κ1) is 11.1. The molecule has 1 aromatic rings. The van der Waals surface area contributed by atoms with E-state index in [2.05, 4.69) is 18.7 Å². The summed E-state index contributed by atoms with van der Waals surface area (Å²) in [6, 6.07) is 7.81. The van der Waals surface area contributed by atoms with Crippen molar-refractivity contribution in [3.63, 3.8) is 0 Å². The van der Waals surface area contributed by atoms with Gasteiger partial charge >= 0.3 is 0 Å². The van der Waals surface area contributed by atoms with Gasteiger partial charge in [0.05, 0.1) is 5.69 Å². The van der Waals surface area contributed by atoms with E-state index in [1.54, 1.807) is 0 Å². The monoisotopic (exact) mass is 191 g/mol. The molecule has 0 bridgehead atoms. The van der Waals surface area contributed by atoms with Crippen LogP contribution in [0.4, 0.5) is 5.69 Å². The lowest BCUT2D eigenvalue weighted by Crippen LogP contribution is -2.25. The number of nitrogens with zero attached hydrogens (tertiary/aromatic N) is 1. The van der Waals surface area contributed by atoms with Gasteiger partial charge in [-0.3, -0.25) is 0 Å². The van der Waals surface area contributed by atoms with Crippen molar-refractivity contribution < 1.29 is 0 Å². The predicted octanol–water partition coefficient (Wildman–Crippen LogP) is 2.49. The van der Waals surface area contributed by atoms with Crippen LogP contribution < -0.4 is 5.73 Å². The molecule has 14 heavy (non-hydrogen) atoms. The zero-order valence-corrected chi connectivity index (χ0v) is 9.09. The molecule has 0 aliphatic carbocycles. The maximum atomic E-state index is 7.37. The van der Waals surface area contributed by atoms with Gasteiger partial charge in [-0.1, -0.05) is 26.0 Å². The lowest BCUT2D eigenvalue weighted by Gasteiger charge is -2.17. The lowest BCUT2D eigenvalue weighted by molar-refractivity contribution is 0.308. The van der Waals surface area contributed by atoms with Crippen molar-refractivity contribution >= 4 is 5.69 Å². The van der Waals surface area contributed by atoms with Crippen molar-refractivity contribution in [1.29, 1.82) is 0 Å². The van der Waals surface area contributed by atoms with E-state index in [1.807, 2.05) is 24.3 Å². The smallest absolute Gasteiger partial charge is 0.0540 e. The zero-order chi connectivity index (χ0) is 10.4. The van der Waals surface area contributed by atoms with Crippen molar-refractivity contribution in [1.82, 2.24) is 10.6 Å². The fourth-order valence-corrected chi connectivity index (χ4v) is 1.50. The highest BCUT2D eigenvalue weighted by Crippen LogP contribution is 2.07. The molecule has 1 rings (SSSR count). The van der Waals surface area contributed by atoms with E-state index in [9.17, 15) is 0 Å². The second kappa shape index (κ2) is 5.66. The molecule has 0 heterocycles. The Bertz CT molecular complexity index is 250. The zero-order valence-electron chi connectivity index (χ0n) is 9.09. The van der Waals surface area contributed by atoms with E-state index in [0.717, 1.165) is 26.1 Å². The number of nitrogens with one attached hydrogen (secondary N) is 1. The van der Waals surface area contributed by atoms with Gasteiger partial charge in [0.15, 0.2) is 0 Å². The Labute approximate surface area is 86.7 Å². The van der Waals surface area contributed by atoms with Crippen molar-refractivity contribution in [3.8, 4) is 0 Å². The third-order valence-corrected chi connectivity index (χ3v) is 2.57. The van der Waals surface area contributed by atoms with Gasteiger partial charge in [0.1, 0.15) is 0 Å². The molecule has 77 valence electrons. The van der Waals surface area contributed by atoms with Gasteiger partial charge < -0.3 is 10.6 Å². The topological polar surface area (TPSA) is 27.0 Å². The summed E-state index contributed by atoms with van der Waals surface area (Å²) >= 11 is 0. The summed E-state index contributed by atoms with van der Waals surface area (Å²) in [5.41, 5.74) is 9.29. The Morgan fingerprint density at radius 1 is 1.07 bits per heavy atom. The Kier molecular flexibility index (Phi) is 4.47. The third kappa shape index (κ3) is 3.38. The maximum absolute atomic E-state index is 7.37. The summed E-state index contributed by atoms with van der Waals surface area (Å²) in [6.07, 6.45) is 1.09. The lowest BCUT2D eigenvalue weighted by atomic mass is 10.1. The Balaban J connectivity index is 2.41. The Morgan fingerprint density at radius 2 is 1.64 bits per heavy atom. The van der Waals surface area contributed by atoms with E-state index in [-0.39, 0.29) is 0 Å². The molecule has 0 spiro atoms. The summed E-state index contributed by atoms with van der Waals surface area (Å²) in [6.45, 7) is 7.73. The van der Waals surface area contributed by atoms with Gasteiger partial charge in [0.25, 0.3) is 0 Å². The van der Waals surface area contributed by atoms with Gasteiger partial charge in [-0.15, -0.1) is 0 Å². The molecule has 2 heteroatoms. The standard InChI is InChI=1S/C12H19N2/c1-3-14(4-2)10-9-11-5-7-12(13)8-6-11/h5-8,13H,3-4,9-10H2,1-2H3. The minimum atomic E-state index is 0.594. The molecule has 1 N–H and O–H groups in total. The molecule has 2 nitrogen and oxygen atoms in total. The molecule has 0 aliphatic rings. The summed E-state index contributed by atoms with van der Waals surface area (Å²) in [4.78, 5) is 2.41. The van der Waals surface area contributed by atoms with E-state index >= 15 is 0 Å². The number of hydrogen-bond acceptors (Lipinski definition) is 1. The highest BCUT2D eigenvalue weighted by Gasteiger charge is 1.99. The first-order chi connectivity index (χ1) is 6.76. The number of benzene rings is 1. The van der Waals surface area contributed by atoms with Crippen LogP contribution in [0.15, 0.2) is 24.3 Å². The van der Waals surface area contributed by atoms with E-state index in [1.165, 1.54) is 5.56 Å². The molecule has 0 fully saturated rings. The van der Waals surface area contributed by atoms with Gasteiger partial charge in [0.2, 0.25) is 0 Å². The van der Waals surface area contributed by atoms with E-state index < -0.39 is 0 Å². The first-order valence-corrected chi connectivity index (χ1v) is 5.29. The fraction of sp³-hybridized carbons (Fsp3) is 0.500. The average molecular weight is 191 g/mol. The van der Waals surface area contributed by atoms with Crippen molar-refractivity contribution in [2.75, 3.05) is 19.6 Å². The van der Waals surface area contributed by atoms with Gasteiger partial charge in [-0.2, -0.15) is 0 Å². The van der Waals surface area contributed by atoms with Crippen molar-refractivity contribution in [2.45, 2.75) is 20.3 Å². The van der Waals surface area contributed by atoms with Crippen LogP contribution in [-0.4, -0.2) is 24.5 Å². The number of hydrogen-bond donors (Lipinski definition) is 0. The van der Waals surface area contributed by atoms with Crippen LogP contribution in [0.1, 0.15) is 19.4 Å². The minimum absolute atomic E-state index is 0.594. The van der Waals surface area contributed by atoms with Crippen LogP contribution in [0.2, 0.25) is 0 Å². The van der Waals surface area contributed by atoms with Crippen LogP contribution in [-0.2, 0) is 6.42 Å². The van der Waals surface area contributed by atoms with Crippen molar-refractivity contribution in [3.05, 3.63) is 29.8 Å². The van der Waals surface area contributed by atoms with Crippen molar-refractivity contribution in [2.24, 2.45) is 0 Å². The molecule has 1 radical (unpaired) electrons. The highest BCUT2D eigenvalue weighted by atomic mass is 15.1. The number of likely N-dealkylation sites (N-methyl/N-ethyl adjacent to an activating group) is 1. The number of rotatable bonds is 5. The molecular weight excluding hydrogens is 172 g/mol. The highest BCUT2D eigenvalue weighted by molar-refractivity contribution is 5.35. The van der Waals surface area contributed by atoms with Gasteiger partial charge in [0, 0.05) is 6.54 Å². The summed E-state index contributed by atoms with van der Waals surface area (Å²) in [5, 5.41) is 0. The largest absolute Gasteiger partial charge is 0.304 e. The average Bonchev–Trinajstić information content (AvgIpc) is 2.22. The molecule has 0 saturated carbocycles. The van der Waals surface area contributed by atoms with E-state index in [4.69, 9.17) is 5.73 Å². The van der Waals surface area contributed by atoms with Crippen LogP contribution in [0.3, 0.4) is 0 Å². The molecule has 0 aliphatic heterocycles. The maximum Gasteiger partial charge on any atom is 0.0540 e. The van der Waals surface area contributed by atoms with Gasteiger partial charge in [-0.25, -0.2) is 0 Å². The quantitative estimate of drug-likeness (QED) is 0.702. The second-order valence-corrected chi connectivity index (χ2v) is 3.47. The molecule has 0 atom stereocenters. The third-order valence-electron chi connectivity index (χ3n) is 2.57. The molecule has 0 amide bonds. The summed E-state index contributed by atoms with van der Waals surface area (Å²) in [7, 11) is 0. The molecule has 0 unspecified atom stereocenters. The van der Waals surface area contributed by atoms with Gasteiger partial charge in [-0.05, 0) is 37.2 Å². The summed E-state index contributed by atoms with van der Waals surface area (Å²) in [5.74, 6) is 0. The minimum Gasteiger partial charge on any atom is -0.304 e. The van der Waals surface area contributed by atoms with Crippen LogP contribution >= 0.6 is 0 Å². The predicted molar refractivity (Wildman–Crippen MR) is 60.7 cm³/mol. The summed E-state index contributed by atoms with van der Waals surface area (Å²) < 4.78 is 0. The fourth-order valence-electron chi connectivity index (χ4n) is 1.50. The first-order valence-electron chi connectivity index (χ1n) is 5.29. The Morgan fingerprint density at radius 3 is 2.14 bits per heavy atom. The molecule has 0 saturated heterocycles. The molecule has 1 aromatic carbocycles. The Hall–Kier alpha value is -1.02. The molecular formula is C12H19N2. The normalized spacial score (nSPS) is 10.8. The van der Waals surface area contributed by atoms with Crippen LogP contribution in [0, 0.1) is 0 Å².